The predicted molar refractivity (Wildman–Crippen MR) is 40.8 cm³/mol. The standard InChI is InChI=1S/C7H11FN2/c1-7(2,8)6(10)4-3-5-9/h3-5,9-10H,1-2H3. The molecule has 0 unspecified atom stereocenters. The maximum atomic E-state index is 12.8. The zero-order chi connectivity index (χ0) is 8.20. The minimum Gasteiger partial charge on any atom is -0.309 e. The zero-order valence-electron chi connectivity index (χ0n) is 6.11. The van der Waals surface area contributed by atoms with Gasteiger partial charge in [-0.3, -0.25) is 0 Å². The van der Waals surface area contributed by atoms with Crippen LogP contribution in [0, 0.1) is 10.8 Å². The first-order chi connectivity index (χ1) is 4.48. The minimum atomic E-state index is -1.60. The van der Waals surface area contributed by atoms with Gasteiger partial charge in [0.05, 0.1) is 5.71 Å². The van der Waals surface area contributed by atoms with Gasteiger partial charge in [-0.05, 0) is 26.0 Å². The van der Waals surface area contributed by atoms with Crippen LogP contribution in [0.5, 0.6) is 0 Å². The Morgan fingerprint density at radius 3 is 2.30 bits per heavy atom. The molecule has 0 aliphatic rings. The summed E-state index contributed by atoms with van der Waals surface area (Å²) in [4.78, 5) is 0. The second-order valence-corrected chi connectivity index (χ2v) is 2.41. The second kappa shape index (κ2) is 3.25. The van der Waals surface area contributed by atoms with Crippen molar-refractivity contribution in [3.8, 4) is 0 Å². The van der Waals surface area contributed by atoms with E-state index in [-0.39, 0.29) is 5.71 Å². The van der Waals surface area contributed by atoms with E-state index in [0.717, 1.165) is 6.21 Å². The Labute approximate surface area is 59.8 Å². The van der Waals surface area contributed by atoms with E-state index in [1.165, 1.54) is 26.0 Å². The first-order valence-corrected chi connectivity index (χ1v) is 2.93. The molecule has 0 heterocycles. The quantitative estimate of drug-likeness (QED) is 0.566. The molecule has 0 rings (SSSR count). The molecule has 0 aromatic heterocycles. The molecule has 0 aliphatic carbocycles. The first kappa shape index (κ1) is 9.01. The van der Waals surface area contributed by atoms with Crippen molar-refractivity contribution in [2.45, 2.75) is 19.5 Å². The van der Waals surface area contributed by atoms with Crippen LogP contribution in [0.3, 0.4) is 0 Å². The Morgan fingerprint density at radius 1 is 1.50 bits per heavy atom. The summed E-state index contributed by atoms with van der Waals surface area (Å²) < 4.78 is 12.8. The summed E-state index contributed by atoms with van der Waals surface area (Å²) in [5, 5.41) is 13.6. The second-order valence-electron chi connectivity index (χ2n) is 2.41. The van der Waals surface area contributed by atoms with E-state index in [9.17, 15) is 4.39 Å². The van der Waals surface area contributed by atoms with Crippen molar-refractivity contribution < 1.29 is 4.39 Å². The van der Waals surface area contributed by atoms with E-state index in [4.69, 9.17) is 10.8 Å². The Kier molecular flexibility index (Phi) is 2.93. The first-order valence-electron chi connectivity index (χ1n) is 2.93. The number of alkyl halides is 1. The van der Waals surface area contributed by atoms with Crippen LogP contribution in [-0.4, -0.2) is 17.6 Å². The van der Waals surface area contributed by atoms with Crippen LogP contribution in [0.25, 0.3) is 0 Å². The van der Waals surface area contributed by atoms with Gasteiger partial charge in [0, 0.05) is 6.21 Å². The van der Waals surface area contributed by atoms with Gasteiger partial charge < -0.3 is 10.8 Å². The van der Waals surface area contributed by atoms with Crippen molar-refractivity contribution in [1.29, 1.82) is 10.8 Å². The van der Waals surface area contributed by atoms with Gasteiger partial charge in [0.2, 0.25) is 0 Å². The van der Waals surface area contributed by atoms with Gasteiger partial charge in [0.15, 0.2) is 0 Å². The van der Waals surface area contributed by atoms with Gasteiger partial charge in [-0.25, -0.2) is 4.39 Å². The van der Waals surface area contributed by atoms with E-state index in [0.29, 0.717) is 0 Å². The van der Waals surface area contributed by atoms with Crippen molar-refractivity contribution in [2.75, 3.05) is 0 Å². The third kappa shape index (κ3) is 3.12. The van der Waals surface area contributed by atoms with E-state index >= 15 is 0 Å². The highest BCUT2D eigenvalue weighted by molar-refractivity contribution is 6.00. The van der Waals surface area contributed by atoms with Crippen LogP contribution < -0.4 is 0 Å². The van der Waals surface area contributed by atoms with E-state index in [1.807, 2.05) is 0 Å². The minimum absolute atomic E-state index is 0.115. The number of halogens is 1. The summed E-state index contributed by atoms with van der Waals surface area (Å²) in [5.41, 5.74) is -1.71. The van der Waals surface area contributed by atoms with Crippen molar-refractivity contribution in [1.82, 2.24) is 0 Å². The van der Waals surface area contributed by atoms with Gasteiger partial charge in [-0.15, -0.1) is 0 Å². The highest BCUT2D eigenvalue weighted by atomic mass is 19.1. The maximum absolute atomic E-state index is 12.8. The van der Waals surface area contributed by atoms with Gasteiger partial charge in [0.1, 0.15) is 5.67 Å². The predicted octanol–water partition coefficient (Wildman–Crippen LogP) is 1.96. The topological polar surface area (TPSA) is 47.7 Å². The Bertz CT molecular complexity index is 165. The lowest BCUT2D eigenvalue weighted by Gasteiger charge is -2.10. The molecule has 0 aliphatic heterocycles. The van der Waals surface area contributed by atoms with E-state index in [1.54, 1.807) is 0 Å². The summed E-state index contributed by atoms with van der Waals surface area (Å²) in [6, 6.07) is 0. The van der Waals surface area contributed by atoms with E-state index < -0.39 is 5.67 Å². The van der Waals surface area contributed by atoms with Crippen molar-refractivity contribution in [3.05, 3.63) is 12.2 Å². The van der Waals surface area contributed by atoms with Crippen LogP contribution in [0.4, 0.5) is 4.39 Å². The Hall–Kier alpha value is -0.990. The molecule has 0 saturated heterocycles. The molecule has 0 amide bonds. The third-order valence-electron chi connectivity index (χ3n) is 1.000. The molecule has 0 radical (unpaired) electrons. The van der Waals surface area contributed by atoms with Crippen molar-refractivity contribution >= 4 is 11.9 Å². The monoisotopic (exact) mass is 142 g/mol. The van der Waals surface area contributed by atoms with Crippen LogP contribution in [0.1, 0.15) is 13.8 Å². The molecule has 0 aromatic rings. The van der Waals surface area contributed by atoms with Crippen molar-refractivity contribution in [3.63, 3.8) is 0 Å². The van der Waals surface area contributed by atoms with Crippen LogP contribution in [-0.2, 0) is 0 Å². The molecular weight excluding hydrogens is 131 g/mol. The van der Waals surface area contributed by atoms with Crippen LogP contribution in [0.2, 0.25) is 0 Å². The summed E-state index contributed by atoms with van der Waals surface area (Å²) >= 11 is 0. The van der Waals surface area contributed by atoms with Gasteiger partial charge in [0.25, 0.3) is 0 Å². The lowest BCUT2D eigenvalue weighted by Crippen LogP contribution is -2.22. The Balaban J connectivity index is 4.11. The summed E-state index contributed by atoms with van der Waals surface area (Å²) in [6.45, 7) is 2.62. The highest BCUT2D eigenvalue weighted by Gasteiger charge is 2.19. The molecule has 0 bridgehead atoms. The molecule has 2 nitrogen and oxygen atoms in total. The maximum Gasteiger partial charge on any atom is 0.146 e. The van der Waals surface area contributed by atoms with Crippen molar-refractivity contribution in [2.24, 2.45) is 0 Å². The van der Waals surface area contributed by atoms with Gasteiger partial charge in [-0.2, -0.15) is 0 Å². The molecule has 2 N–H and O–H groups in total. The lowest BCUT2D eigenvalue weighted by molar-refractivity contribution is 0.313. The average Bonchev–Trinajstić information content (AvgIpc) is 1.80. The molecule has 0 spiro atoms. The fourth-order valence-corrected chi connectivity index (χ4v) is 0.343. The molecule has 10 heavy (non-hydrogen) atoms. The fraction of sp³-hybridized carbons (Fsp3) is 0.429. The SMILES string of the molecule is CC(C)(F)C(=N)C=CC=N. The number of hydrogen-bond acceptors (Lipinski definition) is 2. The smallest absolute Gasteiger partial charge is 0.146 e. The Morgan fingerprint density at radius 2 is 2.00 bits per heavy atom. The molecule has 0 fully saturated rings. The van der Waals surface area contributed by atoms with Gasteiger partial charge >= 0.3 is 0 Å². The fourth-order valence-electron chi connectivity index (χ4n) is 0.343. The van der Waals surface area contributed by atoms with Crippen LogP contribution >= 0.6 is 0 Å². The zero-order valence-corrected chi connectivity index (χ0v) is 6.11. The van der Waals surface area contributed by atoms with Gasteiger partial charge in [-0.1, -0.05) is 0 Å². The summed E-state index contributed by atoms with van der Waals surface area (Å²) in [6.07, 6.45) is 3.61. The molecule has 56 valence electrons. The number of allylic oxidation sites excluding steroid dienone is 2. The highest BCUT2D eigenvalue weighted by Crippen LogP contribution is 2.09. The summed E-state index contributed by atoms with van der Waals surface area (Å²) in [7, 11) is 0. The lowest BCUT2D eigenvalue weighted by atomic mass is 10.1. The number of rotatable bonds is 3. The number of nitrogens with one attached hydrogen (secondary N) is 2. The largest absolute Gasteiger partial charge is 0.309 e. The third-order valence-corrected chi connectivity index (χ3v) is 1.000. The van der Waals surface area contributed by atoms with Crippen LogP contribution in [0.15, 0.2) is 12.2 Å². The molecule has 3 heteroatoms. The van der Waals surface area contributed by atoms with E-state index in [2.05, 4.69) is 0 Å². The summed E-state index contributed by atoms with van der Waals surface area (Å²) in [5.74, 6) is 0. The molecule has 0 aromatic carbocycles. The number of hydrogen-bond donors (Lipinski definition) is 2. The molecule has 0 saturated carbocycles. The molecular formula is C7H11FN2. The molecule has 0 atom stereocenters. The normalized spacial score (nSPS) is 11.9. The average molecular weight is 142 g/mol.